The van der Waals surface area contributed by atoms with Crippen LogP contribution < -0.4 is 4.90 Å². The van der Waals surface area contributed by atoms with Gasteiger partial charge < -0.3 is 4.74 Å². The second-order valence-electron chi connectivity index (χ2n) is 7.92. The Morgan fingerprint density at radius 2 is 1.88 bits per heavy atom. The van der Waals surface area contributed by atoms with Crippen molar-refractivity contribution in [2.24, 2.45) is 0 Å². The van der Waals surface area contributed by atoms with Crippen LogP contribution in [0, 0.1) is 0 Å². The number of para-hydroxylation sites is 1. The lowest BCUT2D eigenvalue weighted by Crippen LogP contribution is -2.43. The molecule has 0 saturated carbocycles. The van der Waals surface area contributed by atoms with Crippen molar-refractivity contribution in [2.75, 3.05) is 50.0 Å². The van der Waals surface area contributed by atoms with Crippen molar-refractivity contribution in [1.82, 2.24) is 9.88 Å². The summed E-state index contributed by atoms with van der Waals surface area (Å²) in [4.78, 5) is 22.6. The number of hydrogen-bond donors (Lipinski definition) is 0. The fraction of sp³-hybridized carbons (Fsp3) is 0.417. The molecule has 33 heavy (non-hydrogen) atoms. The number of aryl methyl sites for hydroxylation is 1. The van der Waals surface area contributed by atoms with Crippen LogP contribution in [0.5, 0.6) is 0 Å². The van der Waals surface area contributed by atoms with Gasteiger partial charge in [0.2, 0.25) is 0 Å². The number of sulfone groups is 1. The van der Waals surface area contributed by atoms with Crippen molar-refractivity contribution in [2.45, 2.75) is 25.2 Å². The number of anilines is 1. The van der Waals surface area contributed by atoms with Gasteiger partial charge in [0.05, 0.1) is 39.6 Å². The van der Waals surface area contributed by atoms with E-state index >= 15 is 0 Å². The van der Waals surface area contributed by atoms with Crippen LogP contribution >= 0.6 is 11.3 Å². The first-order chi connectivity index (χ1) is 15.9. The molecule has 3 aromatic rings. The fourth-order valence-corrected chi connectivity index (χ4v) is 6.09. The van der Waals surface area contributed by atoms with Gasteiger partial charge in [0.25, 0.3) is 5.91 Å². The number of carbonyl (C=O) groups is 1. The summed E-state index contributed by atoms with van der Waals surface area (Å²) in [6, 6.07) is 12.5. The molecule has 1 aliphatic rings. The first-order valence-electron chi connectivity index (χ1n) is 11.3. The van der Waals surface area contributed by atoms with Crippen molar-refractivity contribution < 1.29 is 17.9 Å². The SMILES string of the molecule is CCc1cccc2sc(N(CCN3CCOCC3)C(=O)c3ccccc3S(=O)(=O)CC)nc12. The van der Waals surface area contributed by atoms with Gasteiger partial charge in [-0.05, 0) is 30.2 Å². The standard InChI is InChI=1S/C24H29N3O4S2/c1-3-18-8-7-10-20-22(18)25-24(32-20)27(13-12-26-14-16-31-17-15-26)23(28)19-9-5-6-11-21(19)33(29,30)4-2/h5-11H,3-4,12-17H2,1-2H3. The number of fused-ring (bicyclic) bond motifs is 1. The highest BCUT2D eigenvalue weighted by Crippen LogP contribution is 2.32. The molecule has 0 N–H and O–H groups in total. The highest BCUT2D eigenvalue weighted by Gasteiger charge is 2.28. The van der Waals surface area contributed by atoms with E-state index in [1.54, 1.807) is 30.0 Å². The smallest absolute Gasteiger partial charge is 0.261 e. The van der Waals surface area contributed by atoms with Gasteiger partial charge in [-0.25, -0.2) is 13.4 Å². The molecule has 0 spiro atoms. The minimum atomic E-state index is -3.55. The quantitative estimate of drug-likeness (QED) is 0.483. The Labute approximate surface area is 198 Å². The molecule has 1 amide bonds. The third kappa shape index (κ3) is 5.11. The Kier molecular flexibility index (Phi) is 7.43. The van der Waals surface area contributed by atoms with E-state index in [0.717, 1.165) is 35.3 Å². The lowest BCUT2D eigenvalue weighted by molar-refractivity contribution is 0.0391. The average Bonchev–Trinajstić information content (AvgIpc) is 3.28. The molecule has 1 fully saturated rings. The molecule has 0 radical (unpaired) electrons. The second kappa shape index (κ2) is 10.3. The molecule has 7 nitrogen and oxygen atoms in total. The first-order valence-corrected chi connectivity index (χ1v) is 13.7. The van der Waals surface area contributed by atoms with E-state index < -0.39 is 9.84 Å². The molecule has 2 aromatic carbocycles. The zero-order chi connectivity index (χ0) is 23.4. The van der Waals surface area contributed by atoms with Gasteiger partial charge in [-0.3, -0.25) is 14.6 Å². The van der Waals surface area contributed by atoms with Crippen LogP contribution in [-0.4, -0.2) is 69.4 Å². The number of thiazole rings is 1. The lowest BCUT2D eigenvalue weighted by atomic mass is 10.1. The highest BCUT2D eigenvalue weighted by molar-refractivity contribution is 7.91. The third-order valence-electron chi connectivity index (χ3n) is 5.92. The van der Waals surface area contributed by atoms with Crippen LogP contribution in [0.2, 0.25) is 0 Å². The minimum absolute atomic E-state index is 0.0634. The number of amides is 1. The van der Waals surface area contributed by atoms with E-state index in [1.807, 2.05) is 12.1 Å². The summed E-state index contributed by atoms with van der Waals surface area (Å²) in [6.07, 6.45) is 0.847. The summed E-state index contributed by atoms with van der Waals surface area (Å²) in [7, 11) is -3.55. The van der Waals surface area contributed by atoms with Gasteiger partial charge in [0.15, 0.2) is 15.0 Å². The number of ether oxygens (including phenoxy) is 1. The lowest BCUT2D eigenvalue weighted by Gasteiger charge is -2.29. The molecule has 0 aliphatic carbocycles. The zero-order valence-corrected chi connectivity index (χ0v) is 20.6. The molecule has 0 bridgehead atoms. The van der Waals surface area contributed by atoms with Gasteiger partial charge in [-0.15, -0.1) is 0 Å². The van der Waals surface area contributed by atoms with Gasteiger partial charge >= 0.3 is 0 Å². The van der Waals surface area contributed by atoms with Crippen molar-refractivity contribution in [1.29, 1.82) is 0 Å². The van der Waals surface area contributed by atoms with Gasteiger partial charge in [-0.1, -0.05) is 49.4 Å². The van der Waals surface area contributed by atoms with Gasteiger partial charge in [0.1, 0.15) is 0 Å². The molecule has 1 aromatic heterocycles. The number of benzene rings is 2. The van der Waals surface area contributed by atoms with Crippen molar-refractivity contribution in [3.05, 3.63) is 53.6 Å². The Morgan fingerprint density at radius 3 is 2.61 bits per heavy atom. The summed E-state index contributed by atoms with van der Waals surface area (Å²) in [5.41, 5.74) is 2.22. The number of morpholine rings is 1. The Bertz CT molecular complexity index is 1230. The third-order valence-corrected chi connectivity index (χ3v) is 8.75. The molecule has 1 saturated heterocycles. The number of aromatic nitrogens is 1. The van der Waals surface area contributed by atoms with E-state index in [1.165, 1.54) is 17.4 Å². The van der Waals surface area contributed by atoms with Crippen LogP contribution in [0.25, 0.3) is 10.2 Å². The normalized spacial score (nSPS) is 15.1. The van der Waals surface area contributed by atoms with Crippen LogP contribution in [0.1, 0.15) is 29.8 Å². The number of rotatable bonds is 8. The summed E-state index contributed by atoms with van der Waals surface area (Å²) in [6.45, 7) is 7.72. The Morgan fingerprint density at radius 1 is 1.12 bits per heavy atom. The van der Waals surface area contributed by atoms with E-state index in [0.29, 0.717) is 31.4 Å². The van der Waals surface area contributed by atoms with Gasteiger partial charge in [-0.2, -0.15) is 0 Å². The fourth-order valence-electron chi connectivity index (χ4n) is 3.96. The van der Waals surface area contributed by atoms with E-state index in [-0.39, 0.29) is 22.1 Å². The second-order valence-corrected chi connectivity index (χ2v) is 11.2. The van der Waals surface area contributed by atoms with Crippen molar-refractivity contribution >= 4 is 42.4 Å². The molecule has 9 heteroatoms. The first kappa shape index (κ1) is 23.8. The number of hydrogen-bond acceptors (Lipinski definition) is 7. The minimum Gasteiger partial charge on any atom is -0.379 e. The molecular formula is C24H29N3O4S2. The summed E-state index contributed by atoms with van der Waals surface area (Å²) < 4.78 is 31.9. The monoisotopic (exact) mass is 487 g/mol. The predicted octanol–water partition coefficient (Wildman–Crippen LogP) is 3.63. The highest BCUT2D eigenvalue weighted by atomic mass is 32.2. The molecule has 2 heterocycles. The molecule has 176 valence electrons. The van der Waals surface area contributed by atoms with Crippen molar-refractivity contribution in [3.8, 4) is 0 Å². The van der Waals surface area contributed by atoms with Crippen LogP contribution in [0.3, 0.4) is 0 Å². The van der Waals surface area contributed by atoms with Crippen LogP contribution in [-0.2, 0) is 21.0 Å². The van der Waals surface area contributed by atoms with E-state index in [4.69, 9.17) is 9.72 Å². The maximum Gasteiger partial charge on any atom is 0.261 e. The molecule has 1 aliphatic heterocycles. The Hall–Kier alpha value is -2.33. The average molecular weight is 488 g/mol. The van der Waals surface area contributed by atoms with Gasteiger partial charge in [0, 0.05) is 26.2 Å². The van der Waals surface area contributed by atoms with Crippen molar-refractivity contribution in [3.63, 3.8) is 0 Å². The number of carbonyl (C=O) groups excluding carboxylic acids is 1. The maximum absolute atomic E-state index is 13.8. The maximum atomic E-state index is 13.8. The zero-order valence-electron chi connectivity index (χ0n) is 19.0. The largest absolute Gasteiger partial charge is 0.379 e. The molecule has 0 unspecified atom stereocenters. The molecule has 4 rings (SSSR count). The molecule has 0 atom stereocenters. The summed E-state index contributed by atoms with van der Waals surface area (Å²) in [5, 5.41) is 0.591. The molecular weight excluding hydrogens is 458 g/mol. The van der Waals surface area contributed by atoms with Crippen LogP contribution in [0.4, 0.5) is 5.13 Å². The predicted molar refractivity (Wildman–Crippen MR) is 132 cm³/mol. The topological polar surface area (TPSA) is 79.8 Å². The summed E-state index contributed by atoms with van der Waals surface area (Å²) >= 11 is 1.46. The number of nitrogens with zero attached hydrogens (tertiary/aromatic N) is 3. The van der Waals surface area contributed by atoms with E-state index in [9.17, 15) is 13.2 Å². The summed E-state index contributed by atoms with van der Waals surface area (Å²) in [5.74, 6) is -0.403. The Balaban J connectivity index is 1.74. The van der Waals surface area contributed by atoms with Crippen LogP contribution in [0.15, 0.2) is 47.4 Å². The van der Waals surface area contributed by atoms with E-state index in [2.05, 4.69) is 17.9 Å².